The van der Waals surface area contributed by atoms with Crippen molar-refractivity contribution >= 4 is 22.2 Å². The van der Waals surface area contributed by atoms with Crippen molar-refractivity contribution in [3.8, 4) is 0 Å². The second-order valence-corrected chi connectivity index (χ2v) is 5.73. The highest BCUT2D eigenvalue weighted by molar-refractivity contribution is 7.17. The van der Waals surface area contributed by atoms with E-state index in [1.807, 2.05) is 4.90 Å². The van der Waals surface area contributed by atoms with Crippen molar-refractivity contribution in [3.63, 3.8) is 0 Å². The Bertz CT molecular complexity index is 501. The molecule has 18 heavy (non-hydrogen) atoms. The van der Waals surface area contributed by atoms with Gasteiger partial charge in [-0.3, -0.25) is 14.9 Å². The summed E-state index contributed by atoms with van der Waals surface area (Å²) >= 11 is 0.959. The molecule has 96 valence electrons. The quantitative estimate of drug-likeness (QED) is 0.643. The predicted molar refractivity (Wildman–Crippen MR) is 66.8 cm³/mol. The van der Waals surface area contributed by atoms with Crippen molar-refractivity contribution in [2.75, 3.05) is 19.6 Å². The number of carbonyl (C=O) groups is 1. The van der Waals surface area contributed by atoms with Crippen LogP contribution in [0.1, 0.15) is 16.1 Å². The van der Waals surface area contributed by atoms with Crippen molar-refractivity contribution in [2.24, 2.45) is 5.92 Å². The number of rotatable bonds is 2. The van der Waals surface area contributed by atoms with Crippen LogP contribution in [0, 0.1) is 16.0 Å². The average Bonchev–Trinajstić information content (AvgIpc) is 3.04. The fraction of sp³-hybridized carbons (Fsp3) is 0.545. The standard InChI is InChI=1S/C11H13N3O3S/c15-11(9-1-2-10(18-9)14(16)17)13-4-3-7-5-12-6-8(7)13/h1-2,7-8,12H,3-6H2/t7-,8+/m0/s1. The monoisotopic (exact) mass is 267 g/mol. The summed E-state index contributed by atoms with van der Waals surface area (Å²) in [7, 11) is 0. The van der Waals surface area contributed by atoms with Crippen molar-refractivity contribution in [1.29, 1.82) is 0 Å². The van der Waals surface area contributed by atoms with Crippen LogP contribution in [0.4, 0.5) is 5.00 Å². The van der Waals surface area contributed by atoms with Crippen molar-refractivity contribution in [2.45, 2.75) is 12.5 Å². The number of hydrogen-bond donors (Lipinski definition) is 1. The highest BCUT2D eigenvalue weighted by Gasteiger charge is 2.40. The van der Waals surface area contributed by atoms with Gasteiger partial charge in [0.25, 0.3) is 5.91 Å². The first-order chi connectivity index (χ1) is 8.66. The molecule has 3 rings (SSSR count). The van der Waals surface area contributed by atoms with Gasteiger partial charge in [-0.25, -0.2) is 0 Å². The van der Waals surface area contributed by atoms with E-state index in [1.165, 1.54) is 6.07 Å². The summed E-state index contributed by atoms with van der Waals surface area (Å²) < 4.78 is 0. The van der Waals surface area contributed by atoms with E-state index in [1.54, 1.807) is 6.07 Å². The summed E-state index contributed by atoms with van der Waals surface area (Å²) in [5.74, 6) is 0.480. The van der Waals surface area contributed by atoms with E-state index in [-0.39, 0.29) is 17.0 Å². The molecule has 0 bridgehead atoms. The lowest BCUT2D eigenvalue weighted by atomic mass is 10.1. The van der Waals surface area contributed by atoms with Gasteiger partial charge in [0.05, 0.1) is 9.80 Å². The second-order valence-electron chi connectivity index (χ2n) is 4.67. The molecular formula is C11H13N3O3S. The molecule has 2 aliphatic heterocycles. The Hall–Kier alpha value is -1.47. The van der Waals surface area contributed by atoms with Gasteiger partial charge in [0.15, 0.2) is 0 Å². The van der Waals surface area contributed by atoms with Crippen LogP contribution in [-0.4, -0.2) is 41.4 Å². The molecule has 6 nitrogen and oxygen atoms in total. The maximum atomic E-state index is 12.3. The number of thiophene rings is 1. The topological polar surface area (TPSA) is 75.5 Å². The lowest BCUT2D eigenvalue weighted by molar-refractivity contribution is -0.380. The molecule has 2 atom stereocenters. The number of carbonyl (C=O) groups excluding carboxylic acids is 1. The van der Waals surface area contributed by atoms with Gasteiger partial charge in [-0.1, -0.05) is 11.3 Å². The summed E-state index contributed by atoms with van der Waals surface area (Å²) in [6.45, 7) is 2.57. The van der Waals surface area contributed by atoms with Gasteiger partial charge in [-0.2, -0.15) is 0 Å². The minimum atomic E-state index is -0.453. The number of hydrogen-bond acceptors (Lipinski definition) is 5. The molecule has 2 fully saturated rings. The Labute approximate surface area is 108 Å². The van der Waals surface area contributed by atoms with Crippen LogP contribution in [0.2, 0.25) is 0 Å². The first-order valence-electron chi connectivity index (χ1n) is 5.93. The molecule has 2 saturated heterocycles. The minimum absolute atomic E-state index is 0.0265. The number of nitrogens with one attached hydrogen (secondary N) is 1. The van der Waals surface area contributed by atoms with E-state index in [4.69, 9.17) is 0 Å². The smallest absolute Gasteiger partial charge is 0.324 e. The number of likely N-dealkylation sites (tertiary alicyclic amines) is 1. The van der Waals surface area contributed by atoms with E-state index >= 15 is 0 Å². The summed E-state index contributed by atoms with van der Waals surface area (Å²) in [5, 5.41) is 13.9. The Balaban J connectivity index is 1.79. The van der Waals surface area contributed by atoms with E-state index in [0.717, 1.165) is 37.4 Å². The minimum Gasteiger partial charge on any atom is -0.333 e. The molecule has 1 aromatic rings. The molecular weight excluding hydrogens is 254 g/mol. The summed E-state index contributed by atoms with van der Waals surface area (Å²) in [5.41, 5.74) is 0. The SMILES string of the molecule is O=C(c1ccc([N+](=O)[O-])s1)N1CC[C@H]2CNC[C@H]21. The lowest BCUT2D eigenvalue weighted by Gasteiger charge is -2.22. The molecule has 1 amide bonds. The van der Waals surface area contributed by atoms with Crippen molar-refractivity contribution in [3.05, 3.63) is 27.1 Å². The third kappa shape index (κ3) is 1.79. The van der Waals surface area contributed by atoms with Crippen LogP contribution >= 0.6 is 11.3 Å². The maximum absolute atomic E-state index is 12.3. The van der Waals surface area contributed by atoms with Crippen LogP contribution in [0.5, 0.6) is 0 Å². The van der Waals surface area contributed by atoms with Gasteiger partial charge in [-0.15, -0.1) is 0 Å². The molecule has 1 N–H and O–H groups in total. The van der Waals surface area contributed by atoms with E-state index in [2.05, 4.69) is 5.32 Å². The summed E-state index contributed by atoms with van der Waals surface area (Å²) in [6, 6.07) is 3.22. The van der Waals surface area contributed by atoms with E-state index in [0.29, 0.717) is 10.8 Å². The first-order valence-corrected chi connectivity index (χ1v) is 6.74. The Morgan fingerprint density at radius 3 is 3.06 bits per heavy atom. The van der Waals surface area contributed by atoms with E-state index < -0.39 is 4.92 Å². The van der Waals surface area contributed by atoms with Gasteiger partial charge in [0.1, 0.15) is 0 Å². The second kappa shape index (κ2) is 4.33. The number of amides is 1. The molecule has 0 radical (unpaired) electrons. The number of nitrogens with zero attached hydrogens (tertiary/aromatic N) is 2. The highest BCUT2D eigenvalue weighted by atomic mass is 32.1. The van der Waals surface area contributed by atoms with Crippen molar-refractivity contribution in [1.82, 2.24) is 10.2 Å². The Morgan fingerprint density at radius 1 is 1.50 bits per heavy atom. The highest BCUT2D eigenvalue weighted by Crippen LogP contribution is 2.31. The molecule has 0 spiro atoms. The zero-order chi connectivity index (χ0) is 12.7. The zero-order valence-electron chi connectivity index (χ0n) is 9.67. The number of fused-ring (bicyclic) bond motifs is 1. The molecule has 0 saturated carbocycles. The van der Waals surface area contributed by atoms with Crippen LogP contribution in [-0.2, 0) is 0 Å². The molecule has 0 unspecified atom stereocenters. The fourth-order valence-corrected chi connectivity index (χ4v) is 3.56. The van der Waals surface area contributed by atoms with E-state index in [9.17, 15) is 14.9 Å². The third-order valence-electron chi connectivity index (χ3n) is 3.69. The molecule has 3 heterocycles. The molecule has 7 heteroatoms. The maximum Gasteiger partial charge on any atom is 0.324 e. The van der Waals surface area contributed by atoms with Gasteiger partial charge in [0.2, 0.25) is 0 Å². The summed E-state index contributed by atoms with van der Waals surface area (Å²) in [6.07, 6.45) is 1.02. The fourth-order valence-electron chi connectivity index (χ4n) is 2.78. The lowest BCUT2D eigenvalue weighted by Crippen LogP contribution is -2.38. The Kier molecular flexibility index (Phi) is 2.79. The van der Waals surface area contributed by atoms with Crippen LogP contribution in [0.3, 0.4) is 0 Å². The normalized spacial score (nSPS) is 26.3. The first kappa shape index (κ1) is 11.6. The van der Waals surface area contributed by atoms with Crippen molar-refractivity contribution < 1.29 is 9.72 Å². The third-order valence-corrected chi connectivity index (χ3v) is 4.71. The largest absolute Gasteiger partial charge is 0.333 e. The molecule has 1 aromatic heterocycles. The van der Waals surface area contributed by atoms with Gasteiger partial charge >= 0.3 is 5.00 Å². The van der Waals surface area contributed by atoms with Crippen LogP contribution in [0.15, 0.2) is 12.1 Å². The average molecular weight is 267 g/mol. The van der Waals surface area contributed by atoms with Gasteiger partial charge in [-0.05, 0) is 18.4 Å². The molecule has 0 aliphatic carbocycles. The number of nitro groups is 1. The predicted octanol–water partition coefficient (Wildman–Crippen LogP) is 1.09. The zero-order valence-corrected chi connectivity index (χ0v) is 10.5. The van der Waals surface area contributed by atoms with Crippen LogP contribution < -0.4 is 5.32 Å². The molecule has 0 aromatic carbocycles. The summed E-state index contributed by atoms with van der Waals surface area (Å²) in [4.78, 5) is 24.8. The van der Waals surface area contributed by atoms with Gasteiger partial charge in [0, 0.05) is 31.7 Å². The van der Waals surface area contributed by atoms with Crippen LogP contribution in [0.25, 0.3) is 0 Å². The Morgan fingerprint density at radius 2 is 2.33 bits per heavy atom. The molecule has 2 aliphatic rings. The van der Waals surface area contributed by atoms with Gasteiger partial charge < -0.3 is 10.2 Å².